The van der Waals surface area contributed by atoms with E-state index in [1.165, 1.54) is 0 Å². The largest absolute Gasteiger partial charge is 0.504 e. The van der Waals surface area contributed by atoms with Crippen LogP contribution in [0.4, 0.5) is 0 Å². The van der Waals surface area contributed by atoms with Crippen LogP contribution < -0.4 is 10.1 Å². The molecule has 1 saturated heterocycles. The number of ether oxygens (including phenoxy) is 2. The maximum atomic E-state index is 9.64. The molecule has 4 nitrogen and oxygen atoms in total. The molecule has 0 radical (unpaired) electrons. The van der Waals surface area contributed by atoms with Crippen molar-refractivity contribution in [2.45, 2.75) is 25.9 Å². The van der Waals surface area contributed by atoms with Gasteiger partial charge in [0.25, 0.3) is 0 Å². The van der Waals surface area contributed by atoms with Crippen molar-refractivity contribution in [3.8, 4) is 11.5 Å². The van der Waals surface area contributed by atoms with E-state index in [1.807, 2.05) is 6.92 Å². The molecule has 1 aromatic rings. The lowest BCUT2D eigenvalue weighted by Crippen LogP contribution is -2.31. The second-order valence-corrected chi connectivity index (χ2v) is 4.87. The van der Waals surface area contributed by atoms with Crippen LogP contribution in [-0.4, -0.2) is 36.0 Å². The summed E-state index contributed by atoms with van der Waals surface area (Å²) in [6.45, 7) is 3.95. The fourth-order valence-corrected chi connectivity index (χ4v) is 2.25. The Hall–Kier alpha value is -1.33. The van der Waals surface area contributed by atoms with E-state index in [1.54, 1.807) is 18.2 Å². The summed E-state index contributed by atoms with van der Waals surface area (Å²) in [4.78, 5) is 0.649. The average molecular weight is 281 g/mol. The van der Waals surface area contributed by atoms with E-state index < -0.39 is 0 Å². The Bertz CT molecular complexity index is 444. The van der Waals surface area contributed by atoms with E-state index >= 15 is 0 Å². The van der Waals surface area contributed by atoms with Crippen LogP contribution in [0.2, 0.25) is 0 Å². The molecule has 1 heterocycles. The lowest BCUT2D eigenvalue weighted by atomic mass is 10.2. The van der Waals surface area contributed by atoms with Crippen LogP contribution in [0.25, 0.3) is 0 Å². The standard InChI is InChI=1S/C14H19NO3S/c1-2-17-13-8-10(5-6-12(13)16)14(19)15-9-11-4-3-7-18-11/h5-6,8,11,16H,2-4,7,9H2,1H3,(H,15,19)/t11-/m1/s1. The number of hydrogen-bond acceptors (Lipinski definition) is 4. The Balaban J connectivity index is 1.95. The fourth-order valence-electron chi connectivity index (χ4n) is 2.04. The van der Waals surface area contributed by atoms with Gasteiger partial charge in [0, 0.05) is 18.7 Å². The maximum Gasteiger partial charge on any atom is 0.161 e. The number of aromatic hydroxyl groups is 1. The molecule has 2 rings (SSSR count). The zero-order valence-electron chi connectivity index (χ0n) is 11.0. The second kappa shape index (κ2) is 6.73. The Morgan fingerprint density at radius 3 is 3.11 bits per heavy atom. The normalized spacial score (nSPS) is 18.3. The molecule has 0 bridgehead atoms. The van der Waals surface area contributed by atoms with Gasteiger partial charge >= 0.3 is 0 Å². The Morgan fingerprint density at radius 1 is 1.58 bits per heavy atom. The number of nitrogens with one attached hydrogen (secondary N) is 1. The van der Waals surface area contributed by atoms with Crippen LogP contribution in [0.15, 0.2) is 18.2 Å². The van der Waals surface area contributed by atoms with Crippen molar-refractivity contribution in [2.75, 3.05) is 19.8 Å². The molecule has 1 aliphatic heterocycles. The van der Waals surface area contributed by atoms with Crippen LogP contribution in [0.3, 0.4) is 0 Å². The van der Waals surface area contributed by atoms with E-state index in [2.05, 4.69) is 5.32 Å². The summed E-state index contributed by atoms with van der Waals surface area (Å²) >= 11 is 5.34. The van der Waals surface area contributed by atoms with Crippen molar-refractivity contribution in [3.63, 3.8) is 0 Å². The van der Waals surface area contributed by atoms with Gasteiger partial charge in [-0.15, -0.1) is 0 Å². The molecule has 1 fully saturated rings. The average Bonchev–Trinajstić information content (AvgIpc) is 2.92. The Kier molecular flexibility index (Phi) is 4.99. The summed E-state index contributed by atoms with van der Waals surface area (Å²) in [6, 6.07) is 5.13. The summed E-state index contributed by atoms with van der Waals surface area (Å²) in [7, 11) is 0. The summed E-state index contributed by atoms with van der Waals surface area (Å²) in [5.74, 6) is 0.591. The van der Waals surface area contributed by atoms with Gasteiger partial charge in [-0.3, -0.25) is 0 Å². The molecule has 0 saturated carbocycles. The molecule has 1 atom stereocenters. The van der Waals surface area contributed by atoms with E-state index in [0.717, 1.165) is 31.6 Å². The van der Waals surface area contributed by atoms with Crippen molar-refractivity contribution in [1.29, 1.82) is 0 Å². The predicted octanol–water partition coefficient (Wildman–Crippen LogP) is 2.24. The second-order valence-electron chi connectivity index (χ2n) is 4.46. The van der Waals surface area contributed by atoms with Crippen molar-refractivity contribution in [2.24, 2.45) is 0 Å². The van der Waals surface area contributed by atoms with Crippen LogP contribution >= 0.6 is 12.2 Å². The number of rotatable bonds is 5. The molecule has 1 aromatic carbocycles. The van der Waals surface area contributed by atoms with Gasteiger partial charge in [0.1, 0.15) is 4.99 Å². The van der Waals surface area contributed by atoms with Crippen LogP contribution in [0.1, 0.15) is 25.3 Å². The highest BCUT2D eigenvalue weighted by Crippen LogP contribution is 2.26. The quantitative estimate of drug-likeness (QED) is 0.811. The van der Waals surface area contributed by atoms with E-state index in [4.69, 9.17) is 21.7 Å². The van der Waals surface area contributed by atoms with E-state index in [-0.39, 0.29) is 11.9 Å². The van der Waals surface area contributed by atoms with Crippen LogP contribution in [0, 0.1) is 0 Å². The number of phenolic OH excluding ortho intramolecular Hbond substituents is 1. The highest BCUT2D eigenvalue weighted by atomic mass is 32.1. The smallest absolute Gasteiger partial charge is 0.161 e. The first kappa shape index (κ1) is 14.1. The Morgan fingerprint density at radius 2 is 2.42 bits per heavy atom. The number of hydrogen-bond donors (Lipinski definition) is 2. The monoisotopic (exact) mass is 281 g/mol. The molecule has 104 valence electrons. The SMILES string of the molecule is CCOc1cc(C(=S)NC[C@H]2CCCO2)ccc1O. The van der Waals surface area contributed by atoms with Gasteiger partial charge in [0.2, 0.25) is 0 Å². The molecule has 19 heavy (non-hydrogen) atoms. The molecular formula is C14H19NO3S. The number of benzene rings is 1. The van der Waals surface area contributed by atoms with Gasteiger partial charge in [-0.25, -0.2) is 0 Å². The molecule has 0 aliphatic carbocycles. The summed E-state index contributed by atoms with van der Waals surface area (Å²) in [6.07, 6.45) is 2.45. The minimum atomic E-state index is 0.132. The minimum absolute atomic E-state index is 0.132. The third-order valence-electron chi connectivity index (χ3n) is 3.04. The van der Waals surface area contributed by atoms with Gasteiger partial charge in [-0.05, 0) is 38.0 Å². The lowest BCUT2D eigenvalue weighted by Gasteiger charge is -2.14. The lowest BCUT2D eigenvalue weighted by molar-refractivity contribution is 0.114. The molecular weight excluding hydrogens is 262 g/mol. The van der Waals surface area contributed by atoms with E-state index in [0.29, 0.717) is 17.3 Å². The highest BCUT2D eigenvalue weighted by Gasteiger charge is 2.16. The van der Waals surface area contributed by atoms with Crippen LogP contribution in [-0.2, 0) is 4.74 Å². The molecule has 0 aromatic heterocycles. The first-order valence-corrected chi connectivity index (χ1v) is 6.97. The highest BCUT2D eigenvalue weighted by molar-refractivity contribution is 7.80. The fraction of sp³-hybridized carbons (Fsp3) is 0.500. The van der Waals surface area contributed by atoms with Gasteiger partial charge < -0.3 is 19.9 Å². The number of thiocarbonyl (C=S) groups is 1. The molecule has 0 unspecified atom stereocenters. The van der Waals surface area contributed by atoms with Crippen molar-refractivity contribution < 1.29 is 14.6 Å². The topological polar surface area (TPSA) is 50.7 Å². The van der Waals surface area contributed by atoms with Gasteiger partial charge in [0.15, 0.2) is 11.5 Å². The third kappa shape index (κ3) is 3.81. The molecule has 2 N–H and O–H groups in total. The minimum Gasteiger partial charge on any atom is -0.504 e. The predicted molar refractivity (Wildman–Crippen MR) is 78.0 cm³/mol. The summed E-state index contributed by atoms with van der Waals surface area (Å²) in [5.41, 5.74) is 0.842. The summed E-state index contributed by atoms with van der Waals surface area (Å²) in [5, 5.41) is 12.8. The maximum absolute atomic E-state index is 9.64. The van der Waals surface area contributed by atoms with Gasteiger partial charge in [-0.2, -0.15) is 0 Å². The number of phenols is 1. The zero-order chi connectivity index (χ0) is 13.7. The summed E-state index contributed by atoms with van der Waals surface area (Å²) < 4.78 is 10.9. The molecule has 1 aliphatic rings. The molecule has 5 heteroatoms. The van der Waals surface area contributed by atoms with Crippen molar-refractivity contribution in [1.82, 2.24) is 5.32 Å². The molecule has 0 amide bonds. The van der Waals surface area contributed by atoms with Crippen molar-refractivity contribution in [3.05, 3.63) is 23.8 Å². The van der Waals surface area contributed by atoms with Gasteiger partial charge in [-0.1, -0.05) is 12.2 Å². The first-order chi connectivity index (χ1) is 9.20. The van der Waals surface area contributed by atoms with Crippen LogP contribution in [0.5, 0.6) is 11.5 Å². The first-order valence-electron chi connectivity index (χ1n) is 6.56. The van der Waals surface area contributed by atoms with Gasteiger partial charge in [0.05, 0.1) is 12.7 Å². The molecule has 0 spiro atoms. The third-order valence-corrected chi connectivity index (χ3v) is 3.42. The van der Waals surface area contributed by atoms with Crippen molar-refractivity contribution >= 4 is 17.2 Å². The van der Waals surface area contributed by atoms with E-state index in [9.17, 15) is 5.11 Å². The zero-order valence-corrected chi connectivity index (χ0v) is 11.8. The Labute approximate surface area is 118 Å².